The van der Waals surface area contributed by atoms with Gasteiger partial charge in [-0.1, -0.05) is 30.3 Å². The van der Waals surface area contributed by atoms with Crippen LogP contribution in [0.15, 0.2) is 48.5 Å². The first kappa shape index (κ1) is 12.8. The van der Waals surface area contributed by atoms with Gasteiger partial charge in [-0.15, -0.1) is 0 Å². The number of aromatic nitrogens is 1. The highest BCUT2D eigenvalue weighted by molar-refractivity contribution is 5.84. The lowest BCUT2D eigenvalue weighted by atomic mass is 10.0. The average molecular weight is 264 g/mol. The van der Waals surface area contributed by atoms with E-state index in [9.17, 15) is 0 Å². The van der Waals surface area contributed by atoms with E-state index in [2.05, 4.69) is 48.3 Å². The van der Waals surface area contributed by atoms with E-state index in [1.165, 1.54) is 27.7 Å². The Morgan fingerprint density at radius 1 is 0.950 bits per heavy atom. The molecule has 1 aromatic heterocycles. The summed E-state index contributed by atoms with van der Waals surface area (Å²) >= 11 is 0. The summed E-state index contributed by atoms with van der Waals surface area (Å²) in [6.45, 7) is 2.17. The van der Waals surface area contributed by atoms with Crippen LogP contribution in [-0.4, -0.2) is 4.98 Å². The van der Waals surface area contributed by atoms with Crippen molar-refractivity contribution < 1.29 is 0 Å². The van der Waals surface area contributed by atoms with Crippen molar-refractivity contribution in [3.8, 4) is 0 Å². The van der Waals surface area contributed by atoms with Crippen LogP contribution < -0.4 is 5.73 Å². The molecule has 0 radical (unpaired) electrons. The molecule has 102 valence electrons. The summed E-state index contributed by atoms with van der Waals surface area (Å²) in [6.07, 6.45) is 3.37. The maximum atomic E-state index is 5.71. The van der Waals surface area contributed by atoms with Crippen molar-refractivity contribution in [2.45, 2.75) is 26.2 Å². The second-order valence-corrected chi connectivity index (χ2v) is 5.37. The first-order chi connectivity index (χ1) is 9.74. The van der Waals surface area contributed by atoms with Gasteiger partial charge in [0.1, 0.15) is 0 Å². The van der Waals surface area contributed by atoms with Gasteiger partial charge in [0, 0.05) is 22.3 Å². The number of aryl methyl sites for hydroxylation is 3. The number of fused-ring (bicyclic) bond motifs is 1. The summed E-state index contributed by atoms with van der Waals surface area (Å²) in [5.41, 5.74) is 11.9. The SMILES string of the molecule is Cc1[nH]c2ccccc2c1CCCc1ccc(N)cc1. The molecule has 0 saturated heterocycles. The molecule has 2 heteroatoms. The second-order valence-electron chi connectivity index (χ2n) is 5.37. The van der Waals surface area contributed by atoms with Gasteiger partial charge < -0.3 is 10.7 Å². The molecular weight excluding hydrogens is 244 g/mol. The van der Waals surface area contributed by atoms with Gasteiger partial charge in [-0.3, -0.25) is 0 Å². The minimum absolute atomic E-state index is 0.834. The molecule has 3 aromatic rings. The molecule has 0 aliphatic heterocycles. The Morgan fingerprint density at radius 2 is 1.70 bits per heavy atom. The van der Waals surface area contributed by atoms with Gasteiger partial charge in [0.2, 0.25) is 0 Å². The van der Waals surface area contributed by atoms with Crippen LogP contribution in [0.25, 0.3) is 10.9 Å². The topological polar surface area (TPSA) is 41.8 Å². The molecule has 0 bridgehead atoms. The highest BCUT2D eigenvalue weighted by Gasteiger charge is 2.07. The standard InChI is InChI=1S/C18H20N2/c1-13-16(17-6-2-3-8-18(17)20-13)7-4-5-14-9-11-15(19)12-10-14/h2-3,6,8-12,20H,4-5,7,19H2,1H3. The number of para-hydroxylation sites is 1. The smallest absolute Gasteiger partial charge is 0.0458 e. The molecule has 0 aliphatic carbocycles. The molecule has 20 heavy (non-hydrogen) atoms. The zero-order valence-corrected chi connectivity index (χ0v) is 11.8. The molecule has 0 amide bonds. The van der Waals surface area contributed by atoms with Crippen LogP contribution in [0.1, 0.15) is 23.2 Å². The quantitative estimate of drug-likeness (QED) is 0.680. The third kappa shape index (κ3) is 2.55. The van der Waals surface area contributed by atoms with Crippen LogP contribution >= 0.6 is 0 Å². The van der Waals surface area contributed by atoms with Crippen LogP contribution in [0.3, 0.4) is 0 Å². The lowest BCUT2D eigenvalue weighted by Gasteiger charge is -2.03. The van der Waals surface area contributed by atoms with Crippen LogP contribution in [0.5, 0.6) is 0 Å². The molecular formula is C18H20N2. The van der Waals surface area contributed by atoms with E-state index in [0.717, 1.165) is 24.9 Å². The number of nitrogens with one attached hydrogen (secondary N) is 1. The molecule has 3 N–H and O–H groups in total. The number of rotatable bonds is 4. The molecule has 0 spiro atoms. The molecule has 2 aromatic carbocycles. The highest BCUT2D eigenvalue weighted by Crippen LogP contribution is 2.23. The molecule has 2 nitrogen and oxygen atoms in total. The molecule has 0 fully saturated rings. The summed E-state index contributed by atoms with van der Waals surface area (Å²) in [4.78, 5) is 3.47. The van der Waals surface area contributed by atoms with Crippen LogP contribution in [-0.2, 0) is 12.8 Å². The minimum atomic E-state index is 0.834. The van der Waals surface area contributed by atoms with Crippen molar-refractivity contribution in [2.24, 2.45) is 0 Å². The Morgan fingerprint density at radius 3 is 2.50 bits per heavy atom. The van der Waals surface area contributed by atoms with E-state index in [4.69, 9.17) is 5.73 Å². The Labute approximate surface area is 119 Å². The first-order valence-corrected chi connectivity index (χ1v) is 7.14. The third-order valence-electron chi connectivity index (χ3n) is 3.90. The number of anilines is 1. The summed E-state index contributed by atoms with van der Waals surface area (Å²) in [6, 6.07) is 16.7. The van der Waals surface area contributed by atoms with Crippen molar-refractivity contribution in [3.63, 3.8) is 0 Å². The number of hydrogen-bond acceptors (Lipinski definition) is 1. The minimum Gasteiger partial charge on any atom is -0.399 e. The lowest BCUT2D eigenvalue weighted by Crippen LogP contribution is -1.92. The van der Waals surface area contributed by atoms with Gasteiger partial charge in [-0.25, -0.2) is 0 Å². The monoisotopic (exact) mass is 264 g/mol. The average Bonchev–Trinajstić information content (AvgIpc) is 2.77. The number of H-pyrrole nitrogens is 1. The van der Waals surface area contributed by atoms with Gasteiger partial charge in [-0.2, -0.15) is 0 Å². The predicted molar refractivity (Wildman–Crippen MR) is 85.9 cm³/mol. The Hall–Kier alpha value is -2.22. The zero-order valence-electron chi connectivity index (χ0n) is 11.8. The van der Waals surface area contributed by atoms with Gasteiger partial charge in [0.15, 0.2) is 0 Å². The molecule has 0 atom stereocenters. The number of hydrogen-bond donors (Lipinski definition) is 2. The number of nitrogens with two attached hydrogens (primary N) is 1. The summed E-state index contributed by atoms with van der Waals surface area (Å²) < 4.78 is 0. The van der Waals surface area contributed by atoms with Crippen LogP contribution in [0.2, 0.25) is 0 Å². The third-order valence-corrected chi connectivity index (χ3v) is 3.90. The summed E-state index contributed by atoms with van der Waals surface area (Å²) in [5, 5.41) is 1.36. The number of nitrogen functional groups attached to an aromatic ring is 1. The van der Waals surface area contributed by atoms with Gasteiger partial charge in [-0.05, 0) is 55.5 Å². The van der Waals surface area contributed by atoms with E-state index in [-0.39, 0.29) is 0 Å². The number of aromatic amines is 1. The Bertz CT molecular complexity index is 708. The second kappa shape index (κ2) is 5.41. The fraction of sp³-hybridized carbons (Fsp3) is 0.222. The molecule has 3 rings (SSSR count). The molecule has 0 unspecified atom stereocenters. The van der Waals surface area contributed by atoms with Gasteiger partial charge in [0.25, 0.3) is 0 Å². The molecule has 0 aliphatic rings. The van der Waals surface area contributed by atoms with Crippen LogP contribution in [0.4, 0.5) is 5.69 Å². The largest absolute Gasteiger partial charge is 0.399 e. The fourth-order valence-electron chi connectivity index (χ4n) is 2.81. The molecule has 1 heterocycles. The zero-order chi connectivity index (χ0) is 13.9. The predicted octanol–water partition coefficient (Wildman–Crippen LogP) is 4.23. The molecule has 0 saturated carbocycles. The summed E-state index contributed by atoms with van der Waals surface area (Å²) in [5.74, 6) is 0. The fourth-order valence-corrected chi connectivity index (χ4v) is 2.81. The van der Waals surface area contributed by atoms with E-state index in [1.807, 2.05) is 12.1 Å². The van der Waals surface area contributed by atoms with E-state index < -0.39 is 0 Å². The van der Waals surface area contributed by atoms with Crippen molar-refractivity contribution >= 4 is 16.6 Å². The van der Waals surface area contributed by atoms with Crippen LogP contribution in [0, 0.1) is 6.92 Å². The first-order valence-electron chi connectivity index (χ1n) is 7.14. The normalized spacial score (nSPS) is 11.1. The lowest BCUT2D eigenvalue weighted by molar-refractivity contribution is 0.820. The Kier molecular flexibility index (Phi) is 3.46. The van der Waals surface area contributed by atoms with Gasteiger partial charge >= 0.3 is 0 Å². The van der Waals surface area contributed by atoms with E-state index >= 15 is 0 Å². The Balaban J connectivity index is 1.71. The maximum Gasteiger partial charge on any atom is 0.0458 e. The van der Waals surface area contributed by atoms with E-state index in [1.54, 1.807) is 0 Å². The number of benzene rings is 2. The van der Waals surface area contributed by atoms with Crippen molar-refractivity contribution in [2.75, 3.05) is 5.73 Å². The van der Waals surface area contributed by atoms with E-state index in [0.29, 0.717) is 0 Å². The highest BCUT2D eigenvalue weighted by atomic mass is 14.7. The summed E-state index contributed by atoms with van der Waals surface area (Å²) in [7, 11) is 0. The van der Waals surface area contributed by atoms with Gasteiger partial charge in [0.05, 0.1) is 0 Å². The maximum absolute atomic E-state index is 5.71. The van der Waals surface area contributed by atoms with Crippen molar-refractivity contribution in [1.82, 2.24) is 4.98 Å². The van der Waals surface area contributed by atoms with Crippen molar-refractivity contribution in [1.29, 1.82) is 0 Å². The van der Waals surface area contributed by atoms with Crippen molar-refractivity contribution in [3.05, 3.63) is 65.4 Å².